The molecular weight excluding hydrogens is 578 g/mol. The van der Waals surface area contributed by atoms with E-state index in [1.54, 1.807) is 42.5 Å². The van der Waals surface area contributed by atoms with Gasteiger partial charge in [0.05, 0.1) is 23.6 Å². The van der Waals surface area contributed by atoms with Crippen LogP contribution in [-0.4, -0.2) is 62.2 Å². The fourth-order valence-electron chi connectivity index (χ4n) is 5.87. The van der Waals surface area contributed by atoms with Crippen molar-refractivity contribution < 1.29 is 35.9 Å². The Morgan fingerprint density at radius 3 is 2.21 bits per heavy atom. The predicted octanol–water partition coefficient (Wildman–Crippen LogP) is 5.17. The van der Waals surface area contributed by atoms with Crippen LogP contribution < -0.4 is 5.32 Å². The van der Waals surface area contributed by atoms with E-state index in [-0.39, 0.29) is 35.7 Å². The third-order valence-corrected chi connectivity index (χ3v) is 10.8. The van der Waals surface area contributed by atoms with E-state index in [0.29, 0.717) is 50.1 Å². The lowest BCUT2D eigenvalue weighted by atomic mass is 9.74. The second-order valence-corrected chi connectivity index (χ2v) is 13.8. The summed E-state index contributed by atoms with van der Waals surface area (Å²) >= 11 is 0. The molecule has 3 aliphatic rings. The van der Waals surface area contributed by atoms with Gasteiger partial charge >= 0.3 is 0 Å². The van der Waals surface area contributed by atoms with Crippen LogP contribution in [0.2, 0.25) is 0 Å². The maximum absolute atomic E-state index is 14.1. The monoisotopic (exact) mass is 610 g/mol. The molecule has 3 aromatic rings. The molecule has 2 aromatic carbocycles. The molecule has 8 nitrogen and oxygen atoms in total. The Balaban J connectivity index is 1.21. The first-order chi connectivity index (χ1) is 20.4. The smallest absolute Gasteiger partial charge is 0.287 e. The number of sulfonamides is 1. The van der Waals surface area contributed by atoms with Crippen molar-refractivity contribution in [1.82, 2.24) is 9.62 Å². The zero-order valence-corrected chi connectivity index (χ0v) is 24.4. The molecular formula is C32H32F2N2O6S. The van der Waals surface area contributed by atoms with Crippen LogP contribution in [0.25, 0.3) is 22.1 Å². The minimum Gasteiger partial charge on any atom is -0.451 e. The zero-order chi connectivity index (χ0) is 30.5. The van der Waals surface area contributed by atoms with Gasteiger partial charge in [-0.2, -0.15) is 4.31 Å². The van der Waals surface area contributed by atoms with Gasteiger partial charge in [0, 0.05) is 43.2 Å². The van der Waals surface area contributed by atoms with Crippen molar-refractivity contribution in [3.63, 3.8) is 0 Å². The first-order valence-electron chi connectivity index (χ1n) is 14.4. The van der Waals surface area contributed by atoms with Gasteiger partial charge in [0.1, 0.15) is 5.58 Å². The summed E-state index contributed by atoms with van der Waals surface area (Å²) in [5, 5.41) is 3.40. The van der Waals surface area contributed by atoms with Crippen molar-refractivity contribution in [3.05, 3.63) is 54.3 Å². The second-order valence-electron chi connectivity index (χ2n) is 11.8. The molecule has 0 atom stereocenters. The number of rotatable bonds is 8. The molecule has 0 unspecified atom stereocenters. The SMILES string of the molecule is C#CC1(CC(=O)C2(NC(=O)c3cc4ccc(-c5ccc(S(=O)(=O)N6CCOCC6)cc5)cc4o3)CCC(F)(F)CC2)CC1. The number of benzene rings is 2. The maximum atomic E-state index is 14.1. The van der Waals surface area contributed by atoms with Crippen molar-refractivity contribution >= 4 is 32.7 Å². The lowest BCUT2D eigenvalue weighted by Crippen LogP contribution is -2.58. The number of ether oxygens (including phenoxy) is 1. The van der Waals surface area contributed by atoms with Crippen LogP contribution in [-0.2, 0) is 19.6 Å². The fourth-order valence-corrected chi connectivity index (χ4v) is 7.28. The molecule has 2 saturated carbocycles. The van der Waals surface area contributed by atoms with Gasteiger partial charge in [-0.1, -0.05) is 30.2 Å². The van der Waals surface area contributed by atoms with Crippen LogP contribution in [0.4, 0.5) is 8.78 Å². The van der Waals surface area contributed by atoms with E-state index in [1.807, 2.05) is 6.07 Å². The Kier molecular flexibility index (Phi) is 7.43. The molecule has 3 fully saturated rings. The summed E-state index contributed by atoms with van der Waals surface area (Å²) in [5.74, 6) is -1.23. The number of carbonyl (C=O) groups excluding carboxylic acids is 2. The van der Waals surface area contributed by atoms with Gasteiger partial charge < -0.3 is 14.5 Å². The van der Waals surface area contributed by atoms with Crippen LogP contribution in [0.1, 0.15) is 55.5 Å². The Hall–Kier alpha value is -3.59. The number of halogens is 2. The topological polar surface area (TPSA) is 106 Å². The van der Waals surface area contributed by atoms with Crippen molar-refractivity contribution in [2.45, 2.75) is 61.3 Å². The third kappa shape index (κ3) is 5.84. The second kappa shape index (κ2) is 10.8. The van der Waals surface area contributed by atoms with Crippen molar-refractivity contribution in [1.29, 1.82) is 0 Å². The molecule has 1 amide bonds. The molecule has 226 valence electrons. The first-order valence-corrected chi connectivity index (χ1v) is 15.8. The van der Waals surface area contributed by atoms with Crippen LogP contribution >= 0.6 is 0 Å². The average Bonchev–Trinajstić information content (AvgIpc) is 3.65. The van der Waals surface area contributed by atoms with Gasteiger partial charge in [-0.3, -0.25) is 9.59 Å². The Morgan fingerprint density at radius 1 is 0.930 bits per heavy atom. The number of morpholine rings is 1. The molecule has 2 heterocycles. The van der Waals surface area contributed by atoms with E-state index in [4.69, 9.17) is 15.6 Å². The lowest BCUT2D eigenvalue weighted by molar-refractivity contribution is -0.131. The van der Waals surface area contributed by atoms with Crippen LogP contribution in [0, 0.1) is 17.8 Å². The largest absolute Gasteiger partial charge is 0.451 e. The van der Waals surface area contributed by atoms with Gasteiger partial charge in [-0.05, 0) is 61.1 Å². The van der Waals surface area contributed by atoms with E-state index in [9.17, 15) is 26.8 Å². The quantitative estimate of drug-likeness (QED) is 0.353. The fraction of sp³-hybridized carbons (Fsp3) is 0.438. The molecule has 1 aliphatic heterocycles. The number of carbonyl (C=O) groups is 2. The summed E-state index contributed by atoms with van der Waals surface area (Å²) in [6, 6.07) is 13.4. The van der Waals surface area contributed by atoms with E-state index < -0.39 is 45.6 Å². The molecule has 0 spiro atoms. The zero-order valence-electron chi connectivity index (χ0n) is 23.5. The number of nitrogens with one attached hydrogen (secondary N) is 1. The van der Waals surface area contributed by atoms with Crippen molar-refractivity contribution in [2.24, 2.45) is 5.41 Å². The molecule has 1 saturated heterocycles. The number of fused-ring (bicyclic) bond motifs is 1. The summed E-state index contributed by atoms with van der Waals surface area (Å²) < 4.78 is 66.6. The number of terminal acetylenes is 1. The number of alkyl halides is 2. The normalized spacial score (nSPS) is 21.1. The number of furan rings is 1. The summed E-state index contributed by atoms with van der Waals surface area (Å²) in [7, 11) is -3.63. The number of amides is 1. The van der Waals surface area contributed by atoms with Gasteiger partial charge in [0.25, 0.3) is 5.91 Å². The van der Waals surface area contributed by atoms with Gasteiger partial charge in [-0.15, -0.1) is 6.42 Å². The van der Waals surface area contributed by atoms with E-state index in [1.165, 1.54) is 4.31 Å². The van der Waals surface area contributed by atoms with Crippen LogP contribution in [0.3, 0.4) is 0 Å². The van der Waals surface area contributed by atoms with E-state index in [2.05, 4.69) is 11.2 Å². The number of hydrogen-bond acceptors (Lipinski definition) is 6. The molecule has 6 rings (SSSR count). The molecule has 0 bridgehead atoms. The van der Waals surface area contributed by atoms with E-state index in [0.717, 1.165) is 11.1 Å². The third-order valence-electron chi connectivity index (χ3n) is 8.92. The highest BCUT2D eigenvalue weighted by atomic mass is 32.2. The summed E-state index contributed by atoms with van der Waals surface area (Å²) in [4.78, 5) is 27.0. The highest BCUT2D eigenvalue weighted by molar-refractivity contribution is 7.89. The average molecular weight is 611 g/mol. The molecule has 11 heteroatoms. The molecule has 1 N–H and O–H groups in total. The van der Waals surface area contributed by atoms with Gasteiger partial charge in [-0.25, -0.2) is 17.2 Å². The Morgan fingerprint density at radius 2 is 1.58 bits per heavy atom. The van der Waals surface area contributed by atoms with Gasteiger partial charge in [0.15, 0.2) is 11.5 Å². The van der Waals surface area contributed by atoms with Crippen LogP contribution in [0.15, 0.2) is 57.8 Å². The van der Waals surface area contributed by atoms with E-state index >= 15 is 0 Å². The molecule has 1 aromatic heterocycles. The number of Topliss-reactive ketones (excluding diaryl/α,β-unsaturated/α-hetero) is 1. The summed E-state index contributed by atoms with van der Waals surface area (Å²) in [6.45, 7) is 1.34. The number of nitrogens with zero attached hydrogens (tertiary/aromatic N) is 1. The predicted molar refractivity (Wildman–Crippen MR) is 155 cm³/mol. The highest BCUT2D eigenvalue weighted by Crippen LogP contribution is 2.50. The maximum Gasteiger partial charge on any atom is 0.287 e. The van der Waals surface area contributed by atoms with Gasteiger partial charge in [0.2, 0.25) is 15.9 Å². The Labute approximate surface area is 248 Å². The molecule has 0 radical (unpaired) electrons. The number of hydrogen-bond donors (Lipinski definition) is 1. The summed E-state index contributed by atoms with van der Waals surface area (Å²) in [5.41, 5.74) is -0.0733. The minimum absolute atomic E-state index is 0.0401. The standard InChI is InChI=1S/C32H32F2N2O6S/c1-2-30(9-10-30)21-28(37)31(11-13-32(33,34)14-12-31)35-29(38)27-20-24-4-3-23(19-26(24)42-27)22-5-7-25(8-6-22)43(39,40)36-15-17-41-18-16-36/h1,3-8,19-20H,9-18,21H2,(H,35,38). The minimum atomic E-state index is -3.63. The molecule has 2 aliphatic carbocycles. The van der Waals surface area contributed by atoms with Crippen molar-refractivity contribution in [3.8, 4) is 23.5 Å². The number of ketones is 1. The molecule has 43 heavy (non-hydrogen) atoms. The van der Waals surface area contributed by atoms with Crippen molar-refractivity contribution in [2.75, 3.05) is 26.3 Å². The summed E-state index contributed by atoms with van der Waals surface area (Å²) in [6.07, 6.45) is 5.72. The highest BCUT2D eigenvalue weighted by Gasteiger charge is 2.52. The Bertz CT molecular complexity index is 1700. The first kappa shape index (κ1) is 29.5. The lowest BCUT2D eigenvalue weighted by Gasteiger charge is -2.39. The van der Waals surface area contributed by atoms with Crippen LogP contribution in [0.5, 0.6) is 0 Å².